The van der Waals surface area contributed by atoms with Crippen molar-refractivity contribution in [2.75, 3.05) is 30.8 Å². The summed E-state index contributed by atoms with van der Waals surface area (Å²) in [6.45, 7) is 1.55. The molecule has 0 unspecified atom stereocenters. The average Bonchev–Trinajstić information content (AvgIpc) is 2.86. The van der Waals surface area contributed by atoms with Gasteiger partial charge < -0.3 is 16.0 Å². The van der Waals surface area contributed by atoms with Crippen LogP contribution in [-0.2, 0) is 20.0 Å². The van der Waals surface area contributed by atoms with Crippen LogP contribution in [0.5, 0.6) is 0 Å². The van der Waals surface area contributed by atoms with Crippen LogP contribution in [0, 0.1) is 5.82 Å². The van der Waals surface area contributed by atoms with Gasteiger partial charge in [-0.25, -0.2) is 31.3 Å². The molecule has 2 heterocycles. The van der Waals surface area contributed by atoms with Crippen LogP contribution >= 0.6 is 0 Å². The number of nitrogens with zero attached hydrogens (tertiary/aromatic N) is 3. The molecule has 1 aromatic carbocycles. The normalized spacial score (nSPS) is 18.2. The molecule has 2 aromatic rings. The molecule has 198 valence electrons. The number of piperidine rings is 1. The lowest BCUT2D eigenvalue weighted by molar-refractivity contribution is 0.299. The van der Waals surface area contributed by atoms with Gasteiger partial charge in [-0.2, -0.15) is 9.29 Å². The van der Waals surface area contributed by atoms with E-state index in [-0.39, 0.29) is 22.7 Å². The van der Waals surface area contributed by atoms with Crippen LogP contribution in [0.1, 0.15) is 19.3 Å². The van der Waals surface area contributed by atoms with Crippen molar-refractivity contribution in [3.05, 3.63) is 71.2 Å². The van der Waals surface area contributed by atoms with Gasteiger partial charge in [-0.05, 0) is 68.3 Å². The number of allylic oxidation sites excluding steroid dienone is 4. The Kier molecular flexibility index (Phi) is 8.04. The Hall–Kier alpha value is -3.17. The van der Waals surface area contributed by atoms with Gasteiger partial charge >= 0.3 is 0 Å². The van der Waals surface area contributed by atoms with E-state index >= 15 is 0 Å². The van der Waals surface area contributed by atoms with E-state index in [1.165, 1.54) is 27.9 Å². The van der Waals surface area contributed by atoms with Gasteiger partial charge in [0.1, 0.15) is 0 Å². The standard InChI is InChI=1S/C23H28FN7O4S2/c1-31(19-8-10-26-11-9-19)36(32,33)15-16-4-2-5-17(12-16)28-22-21(24)14-27-23(30-22)29-18-6-3-7-20(13-18)37(25,34)35/h2-3,5-7,12-15,19,26H,4,8-11H2,1H3,(H2,25,34,35)(H2,27,28,29,30). The number of halogens is 1. The third-order valence-electron chi connectivity index (χ3n) is 5.94. The van der Waals surface area contributed by atoms with Gasteiger partial charge in [0.2, 0.25) is 26.0 Å². The highest BCUT2D eigenvalue weighted by Crippen LogP contribution is 2.24. The monoisotopic (exact) mass is 549 g/mol. The number of hydrogen-bond acceptors (Lipinski definition) is 9. The van der Waals surface area contributed by atoms with E-state index in [9.17, 15) is 21.2 Å². The van der Waals surface area contributed by atoms with Gasteiger partial charge in [-0.1, -0.05) is 12.1 Å². The molecule has 1 aromatic heterocycles. The molecule has 2 aliphatic rings. The molecule has 11 nitrogen and oxygen atoms in total. The summed E-state index contributed by atoms with van der Waals surface area (Å²) in [5.41, 5.74) is 1.32. The van der Waals surface area contributed by atoms with Crippen molar-refractivity contribution in [3.8, 4) is 0 Å². The van der Waals surface area contributed by atoms with Crippen LogP contribution in [0.3, 0.4) is 0 Å². The van der Waals surface area contributed by atoms with Crippen molar-refractivity contribution in [3.63, 3.8) is 0 Å². The van der Waals surface area contributed by atoms with Crippen LogP contribution in [0.15, 0.2) is 70.3 Å². The van der Waals surface area contributed by atoms with E-state index in [0.29, 0.717) is 23.4 Å². The number of nitrogens with two attached hydrogens (primary N) is 1. The van der Waals surface area contributed by atoms with Gasteiger partial charge in [0.25, 0.3) is 0 Å². The number of hydrogen-bond donors (Lipinski definition) is 4. The van der Waals surface area contributed by atoms with Crippen LogP contribution in [0.2, 0.25) is 0 Å². The van der Waals surface area contributed by atoms with Gasteiger partial charge in [-0.15, -0.1) is 0 Å². The molecular formula is C23H28FN7O4S2. The van der Waals surface area contributed by atoms with Crippen molar-refractivity contribution in [2.24, 2.45) is 5.14 Å². The lowest BCUT2D eigenvalue weighted by Gasteiger charge is -2.30. The molecule has 5 N–H and O–H groups in total. The van der Waals surface area contributed by atoms with Gasteiger partial charge in [0.15, 0.2) is 11.6 Å². The SMILES string of the molecule is CN(C1CCNCC1)S(=O)(=O)C=C1C=C(Nc2nc(Nc3cccc(S(N)(=O)=O)c3)ncc2F)C=CC1. The molecule has 1 fully saturated rings. The molecule has 0 amide bonds. The molecule has 37 heavy (non-hydrogen) atoms. The lowest BCUT2D eigenvalue weighted by Crippen LogP contribution is -2.43. The first-order valence-corrected chi connectivity index (χ1v) is 14.5. The van der Waals surface area contributed by atoms with Crippen molar-refractivity contribution in [2.45, 2.75) is 30.2 Å². The first kappa shape index (κ1) is 26.9. The van der Waals surface area contributed by atoms with Crippen LogP contribution in [0.4, 0.5) is 21.8 Å². The maximum absolute atomic E-state index is 14.5. The highest BCUT2D eigenvalue weighted by molar-refractivity contribution is 7.92. The van der Waals surface area contributed by atoms with Crippen LogP contribution in [0.25, 0.3) is 0 Å². The van der Waals surface area contributed by atoms with Crippen molar-refractivity contribution >= 4 is 37.5 Å². The first-order valence-electron chi connectivity index (χ1n) is 11.5. The summed E-state index contributed by atoms with van der Waals surface area (Å²) >= 11 is 0. The van der Waals surface area contributed by atoms with E-state index in [0.717, 1.165) is 32.1 Å². The molecule has 0 bridgehead atoms. The average molecular weight is 550 g/mol. The minimum Gasteiger partial charge on any atom is -0.338 e. The number of sulfonamides is 2. The second kappa shape index (κ2) is 11.1. The number of aromatic nitrogens is 2. The van der Waals surface area contributed by atoms with E-state index in [1.807, 2.05) is 0 Å². The fraction of sp³-hybridized carbons (Fsp3) is 0.304. The summed E-state index contributed by atoms with van der Waals surface area (Å²) < 4.78 is 64.9. The molecule has 4 rings (SSSR count). The third-order valence-corrected chi connectivity index (χ3v) is 8.55. The Bertz CT molecular complexity index is 1470. The van der Waals surface area contributed by atoms with Crippen LogP contribution < -0.4 is 21.1 Å². The zero-order chi connectivity index (χ0) is 26.6. The fourth-order valence-electron chi connectivity index (χ4n) is 3.97. The largest absolute Gasteiger partial charge is 0.338 e. The van der Waals surface area contributed by atoms with Crippen molar-refractivity contribution < 1.29 is 21.2 Å². The molecule has 0 spiro atoms. The predicted octanol–water partition coefficient (Wildman–Crippen LogP) is 2.16. The second-order valence-corrected chi connectivity index (χ2v) is 12.1. The molecule has 0 radical (unpaired) electrons. The number of rotatable bonds is 8. The fourth-order valence-corrected chi connectivity index (χ4v) is 5.87. The molecule has 1 saturated heterocycles. The quantitative estimate of drug-likeness (QED) is 0.387. The molecule has 0 saturated carbocycles. The maximum Gasteiger partial charge on any atom is 0.238 e. The highest BCUT2D eigenvalue weighted by Gasteiger charge is 2.26. The van der Waals surface area contributed by atoms with Crippen LogP contribution in [-0.4, -0.2) is 57.3 Å². The smallest absolute Gasteiger partial charge is 0.238 e. The molecule has 0 atom stereocenters. The summed E-state index contributed by atoms with van der Waals surface area (Å²) in [6.07, 6.45) is 7.95. The summed E-state index contributed by atoms with van der Waals surface area (Å²) in [6, 6.07) is 5.66. The minimum atomic E-state index is -3.90. The summed E-state index contributed by atoms with van der Waals surface area (Å²) in [7, 11) is -5.96. The summed E-state index contributed by atoms with van der Waals surface area (Å²) in [5, 5.41) is 15.3. The van der Waals surface area contributed by atoms with Crippen molar-refractivity contribution in [1.82, 2.24) is 19.6 Å². The Morgan fingerprint density at radius 2 is 1.95 bits per heavy atom. The molecule has 1 aliphatic heterocycles. The minimum absolute atomic E-state index is 0.0119. The number of benzene rings is 1. The van der Waals surface area contributed by atoms with Gasteiger partial charge in [0.05, 0.1) is 11.1 Å². The third kappa shape index (κ3) is 6.99. The molecule has 1 aliphatic carbocycles. The van der Waals surface area contributed by atoms with Gasteiger partial charge in [-0.3, -0.25) is 0 Å². The summed E-state index contributed by atoms with van der Waals surface area (Å²) in [5.74, 6) is -0.864. The topological polar surface area (TPSA) is 159 Å². The molecular weight excluding hydrogens is 521 g/mol. The Balaban J connectivity index is 1.51. The van der Waals surface area contributed by atoms with E-state index in [2.05, 4.69) is 25.9 Å². The lowest BCUT2D eigenvalue weighted by atomic mass is 10.1. The van der Waals surface area contributed by atoms with Crippen molar-refractivity contribution in [1.29, 1.82) is 0 Å². The Morgan fingerprint density at radius 3 is 2.68 bits per heavy atom. The Labute approximate surface area is 215 Å². The second-order valence-electron chi connectivity index (χ2n) is 8.65. The highest BCUT2D eigenvalue weighted by atomic mass is 32.2. The van der Waals surface area contributed by atoms with E-state index < -0.39 is 25.9 Å². The number of primary sulfonamides is 1. The van der Waals surface area contributed by atoms with E-state index in [1.54, 1.807) is 31.3 Å². The first-order chi connectivity index (χ1) is 17.5. The van der Waals surface area contributed by atoms with E-state index in [4.69, 9.17) is 5.14 Å². The number of anilines is 3. The predicted molar refractivity (Wildman–Crippen MR) is 139 cm³/mol. The Morgan fingerprint density at radius 1 is 1.19 bits per heavy atom. The summed E-state index contributed by atoms with van der Waals surface area (Å²) in [4.78, 5) is 7.92. The maximum atomic E-state index is 14.5. The zero-order valence-electron chi connectivity index (χ0n) is 20.1. The molecule has 14 heteroatoms. The zero-order valence-corrected chi connectivity index (χ0v) is 21.7. The number of nitrogens with one attached hydrogen (secondary N) is 3. The van der Waals surface area contributed by atoms with Gasteiger partial charge in [0, 0.05) is 29.9 Å².